The second kappa shape index (κ2) is 7.17. The summed E-state index contributed by atoms with van der Waals surface area (Å²) < 4.78 is 0. The van der Waals surface area contributed by atoms with Gasteiger partial charge in [-0.25, -0.2) is 4.98 Å². The average Bonchev–Trinajstić information content (AvgIpc) is 2.96. The maximum Gasteiger partial charge on any atom is 0.230 e. The topological polar surface area (TPSA) is 68.0 Å². The first-order valence-electron chi connectivity index (χ1n) is 6.06. The van der Waals surface area contributed by atoms with Gasteiger partial charge in [-0.3, -0.25) is 4.79 Å². The van der Waals surface area contributed by atoms with Crippen LogP contribution < -0.4 is 11.1 Å². The number of aryl methyl sites for hydroxylation is 1. The Bertz CT molecular complexity index is 580. The van der Waals surface area contributed by atoms with Gasteiger partial charge in [-0.05, 0) is 26.0 Å². The number of hydrogen-bond acceptors (Lipinski definition) is 5. The van der Waals surface area contributed by atoms with Gasteiger partial charge in [0.1, 0.15) is 0 Å². The Balaban J connectivity index is 0.00000200. The highest BCUT2D eigenvalue weighted by atomic mass is 35.5. The van der Waals surface area contributed by atoms with E-state index in [1.165, 1.54) is 16.2 Å². The molecular formula is C13H18ClN3OS2. The van der Waals surface area contributed by atoms with Crippen LogP contribution in [0.15, 0.2) is 17.5 Å². The standard InChI is InChI=1S/C13H17N3OS2.ClH/c1-7-4-5-11(19-7)10-6-18-13(15-10)16-12(17)8(2)9(3)14;/h4-6,8-9H,14H2,1-3H3,(H,15,16,17);1H. The van der Waals surface area contributed by atoms with E-state index in [0.717, 1.165) is 10.6 Å². The van der Waals surface area contributed by atoms with Crippen LogP contribution in [0.1, 0.15) is 18.7 Å². The molecule has 0 saturated carbocycles. The number of thiophene rings is 1. The zero-order valence-electron chi connectivity index (χ0n) is 11.5. The lowest BCUT2D eigenvalue weighted by atomic mass is 10.0. The maximum absolute atomic E-state index is 11.9. The molecule has 20 heavy (non-hydrogen) atoms. The van der Waals surface area contributed by atoms with Crippen molar-refractivity contribution in [1.82, 2.24) is 4.98 Å². The molecule has 0 radical (unpaired) electrons. The fourth-order valence-electron chi connectivity index (χ4n) is 1.47. The fourth-order valence-corrected chi connectivity index (χ4v) is 3.09. The molecule has 2 heterocycles. The number of halogens is 1. The molecule has 2 aromatic heterocycles. The van der Waals surface area contributed by atoms with Crippen LogP contribution in [0.3, 0.4) is 0 Å². The number of nitrogens with one attached hydrogen (secondary N) is 1. The molecule has 110 valence electrons. The van der Waals surface area contributed by atoms with E-state index in [9.17, 15) is 4.79 Å². The molecule has 2 rings (SSSR count). The van der Waals surface area contributed by atoms with Crippen molar-refractivity contribution < 1.29 is 4.79 Å². The summed E-state index contributed by atoms with van der Waals surface area (Å²) in [5.41, 5.74) is 6.62. The quantitative estimate of drug-likeness (QED) is 0.900. The molecule has 0 aromatic carbocycles. The number of hydrogen-bond donors (Lipinski definition) is 2. The summed E-state index contributed by atoms with van der Waals surface area (Å²) in [7, 11) is 0. The van der Waals surface area contributed by atoms with Gasteiger partial charge < -0.3 is 11.1 Å². The van der Waals surface area contributed by atoms with Gasteiger partial charge in [0.2, 0.25) is 5.91 Å². The number of carbonyl (C=O) groups is 1. The van der Waals surface area contributed by atoms with Crippen LogP contribution in [-0.2, 0) is 4.79 Å². The molecule has 4 nitrogen and oxygen atoms in total. The molecule has 0 aliphatic rings. The van der Waals surface area contributed by atoms with Gasteiger partial charge in [0.05, 0.1) is 16.5 Å². The van der Waals surface area contributed by atoms with E-state index < -0.39 is 0 Å². The van der Waals surface area contributed by atoms with Crippen molar-refractivity contribution in [3.63, 3.8) is 0 Å². The highest BCUT2D eigenvalue weighted by molar-refractivity contribution is 7.17. The van der Waals surface area contributed by atoms with Crippen LogP contribution in [-0.4, -0.2) is 16.9 Å². The fraction of sp³-hybridized carbons (Fsp3) is 0.385. The molecule has 2 atom stereocenters. The van der Waals surface area contributed by atoms with Gasteiger partial charge in [-0.2, -0.15) is 0 Å². The van der Waals surface area contributed by atoms with E-state index in [1.807, 2.05) is 25.3 Å². The molecule has 2 unspecified atom stereocenters. The highest BCUT2D eigenvalue weighted by Crippen LogP contribution is 2.30. The van der Waals surface area contributed by atoms with Crippen molar-refractivity contribution in [1.29, 1.82) is 0 Å². The number of carbonyl (C=O) groups excluding carboxylic acids is 1. The van der Waals surface area contributed by atoms with Gasteiger partial charge >= 0.3 is 0 Å². The molecular weight excluding hydrogens is 314 g/mol. The van der Waals surface area contributed by atoms with Gasteiger partial charge in [0.25, 0.3) is 0 Å². The highest BCUT2D eigenvalue weighted by Gasteiger charge is 2.18. The summed E-state index contributed by atoms with van der Waals surface area (Å²) in [5, 5.41) is 5.39. The summed E-state index contributed by atoms with van der Waals surface area (Å²) in [5.74, 6) is -0.311. The third kappa shape index (κ3) is 4.02. The number of nitrogens with zero attached hydrogens (tertiary/aromatic N) is 1. The molecule has 0 aliphatic heterocycles. The Kier molecular flexibility index (Phi) is 6.13. The van der Waals surface area contributed by atoms with Crippen LogP contribution in [0.2, 0.25) is 0 Å². The number of amides is 1. The van der Waals surface area contributed by atoms with E-state index in [1.54, 1.807) is 11.3 Å². The molecule has 0 fully saturated rings. The van der Waals surface area contributed by atoms with Crippen molar-refractivity contribution in [3.05, 3.63) is 22.4 Å². The molecule has 0 bridgehead atoms. The largest absolute Gasteiger partial charge is 0.327 e. The van der Waals surface area contributed by atoms with E-state index in [4.69, 9.17) is 5.73 Å². The maximum atomic E-state index is 11.9. The normalized spacial score (nSPS) is 13.4. The second-order valence-electron chi connectivity index (χ2n) is 4.59. The first-order chi connectivity index (χ1) is 8.97. The summed E-state index contributed by atoms with van der Waals surface area (Å²) in [6.45, 7) is 5.70. The van der Waals surface area contributed by atoms with Crippen molar-refractivity contribution in [2.45, 2.75) is 26.8 Å². The van der Waals surface area contributed by atoms with Crippen LogP contribution >= 0.6 is 35.1 Å². The third-order valence-corrected chi connectivity index (χ3v) is 4.71. The number of nitrogens with two attached hydrogens (primary N) is 1. The molecule has 7 heteroatoms. The van der Waals surface area contributed by atoms with Gasteiger partial charge in [-0.15, -0.1) is 35.1 Å². The van der Waals surface area contributed by atoms with Crippen LogP contribution in [0, 0.1) is 12.8 Å². The molecule has 0 spiro atoms. The minimum Gasteiger partial charge on any atom is -0.327 e. The van der Waals surface area contributed by atoms with Crippen molar-refractivity contribution in [2.75, 3.05) is 5.32 Å². The molecule has 3 N–H and O–H groups in total. The first-order valence-corrected chi connectivity index (χ1v) is 7.75. The SMILES string of the molecule is Cc1ccc(-c2csc(NC(=O)C(C)C(C)N)n2)s1.Cl. The third-order valence-electron chi connectivity index (χ3n) is 2.93. The summed E-state index contributed by atoms with van der Waals surface area (Å²) in [6.07, 6.45) is 0. The lowest BCUT2D eigenvalue weighted by molar-refractivity contribution is -0.119. The Labute approximate surface area is 132 Å². The van der Waals surface area contributed by atoms with Crippen molar-refractivity contribution in [3.8, 4) is 10.6 Å². The molecule has 0 saturated heterocycles. The lowest BCUT2D eigenvalue weighted by Crippen LogP contribution is -2.34. The van der Waals surface area contributed by atoms with Crippen LogP contribution in [0.5, 0.6) is 0 Å². The van der Waals surface area contributed by atoms with Crippen LogP contribution in [0.4, 0.5) is 5.13 Å². The molecule has 1 amide bonds. The zero-order chi connectivity index (χ0) is 14.0. The van der Waals surface area contributed by atoms with Crippen LogP contribution in [0.25, 0.3) is 10.6 Å². The van der Waals surface area contributed by atoms with E-state index in [2.05, 4.69) is 23.3 Å². The molecule has 0 aliphatic carbocycles. The van der Waals surface area contributed by atoms with E-state index >= 15 is 0 Å². The number of anilines is 1. The van der Waals surface area contributed by atoms with Crippen molar-refractivity contribution >= 4 is 46.1 Å². The monoisotopic (exact) mass is 331 g/mol. The van der Waals surface area contributed by atoms with E-state index in [-0.39, 0.29) is 30.3 Å². The number of thiazole rings is 1. The van der Waals surface area contributed by atoms with Crippen molar-refractivity contribution in [2.24, 2.45) is 11.7 Å². The smallest absolute Gasteiger partial charge is 0.230 e. The van der Waals surface area contributed by atoms with Gasteiger partial charge in [0.15, 0.2) is 5.13 Å². The first kappa shape index (κ1) is 17.1. The summed E-state index contributed by atoms with van der Waals surface area (Å²) >= 11 is 3.13. The summed E-state index contributed by atoms with van der Waals surface area (Å²) in [4.78, 5) is 18.7. The lowest BCUT2D eigenvalue weighted by Gasteiger charge is -2.13. The Morgan fingerprint density at radius 3 is 2.65 bits per heavy atom. The van der Waals surface area contributed by atoms with Gasteiger partial charge in [-0.1, -0.05) is 6.92 Å². The minimum absolute atomic E-state index is 0. The predicted molar refractivity (Wildman–Crippen MR) is 88.9 cm³/mol. The predicted octanol–water partition coefficient (Wildman–Crippen LogP) is 3.52. The summed E-state index contributed by atoms with van der Waals surface area (Å²) in [6, 6.07) is 3.94. The van der Waals surface area contributed by atoms with Gasteiger partial charge in [0, 0.05) is 16.3 Å². The number of rotatable bonds is 4. The van der Waals surface area contributed by atoms with E-state index in [0.29, 0.717) is 5.13 Å². The Hall–Kier alpha value is -0.950. The Morgan fingerprint density at radius 1 is 1.40 bits per heavy atom. The minimum atomic E-state index is -0.226. The second-order valence-corrected chi connectivity index (χ2v) is 6.73. The zero-order valence-corrected chi connectivity index (χ0v) is 14.0. The average molecular weight is 332 g/mol. The number of aromatic nitrogens is 1. The Morgan fingerprint density at radius 2 is 2.10 bits per heavy atom. The molecule has 2 aromatic rings.